The van der Waals surface area contributed by atoms with E-state index in [-0.39, 0.29) is 5.91 Å². The second kappa shape index (κ2) is 5.69. The Morgan fingerprint density at radius 1 is 0.833 bits per heavy atom. The van der Waals surface area contributed by atoms with Gasteiger partial charge in [-0.05, 0) is 23.8 Å². The Labute approximate surface area is 147 Å². The summed E-state index contributed by atoms with van der Waals surface area (Å²) in [5.41, 5.74) is 1.22. The van der Waals surface area contributed by atoms with Crippen molar-refractivity contribution in [1.29, 1.82) is 0 Å². The third kappa shape index (κ3) is 2.32. The van der Waals surface area contributed by atoms with Gasteiger partial charge in [-0.15, -0.1) is 0 Å². The third-order valence-electron chi connectivity index (χ3n) is 4.22. The fraction of sp³-hybridized carbons (Fsp3) is 0.176. The number of hydrogen-bond acceptors (Lipinski definition) is 4. The van der Waals surface area contributed by atoms with Crippen molar-refractivity contribution < 1.29 is 9.59 Å². The average molecular weight is 360 g/mol. The van der Waals surface area contributed by atoms with E-state index in [9.17, 15) is 9.59 Å². The first kappa shape index (κ1) is 15.3. The molecule has 0 bridgehead atoms. The Balaban J connectivity index is 1.73. The molecule has 3 unspecified atom stereocenters. The van der Waals surface area contributed by atoms with Crippen LogP contribution in [0.1, 0.15) is 11.6 Å². The van der Waals surface area contributed by atoms with Crippen LogP contribution >= 0.6 is 23.2 Å². The maximum absolute atomic E-state index is 12.9. The first-order valence-electron chi connectivity index (χ1n) is 7.35. The molecule has 2 aromatic carbocycles. The molecule has 0 saturated carbocycles. The molecule has 2 aromatic rings. The minimum atomic E-state index is -0.791. The van der Waals surface area contributed by atoms with Crippen molar-refractivity contribution >= 4 is 40.7 Å². The van der Waals surface area contributed by atoms with E-state index in [2.05, 4.69) is 10.2 Å². The van der Waals surface area contributed by atoms with Crippen LogP contribution < -0.4 is 4.90 Å². The first-order chi connectivity index (χ1) is 11.6. The molecule has 2 aliphatic rings. The van der Waals surface area contributed by atoms with E-state index >= 15 is 0 Å². The largest absolute Gasteiger partial charge is 0.273 e. The van der Waals surface area contributed by atoms with Crippen molar-refractivity contribution in [3.8, 4) is 0 Å². The Hall–Kier alpha value is -2.24. The molecule has 2 heterocycles. The van der Waals surface area contributed by atoms with Gasteiger partial charge in [-0.25, -0.2) is 4.90 Å². The zero-order chi connectivity index (χ0) is 16.8. The quantitative estimate of drug-likeness (QED) is 0.759. The van der Waals surface area contributed by atoms with Gasteiger partial charge in [0, 0.05) is 10.0 Å². The van der Waals surface area contributed by atoms with Gasteiger partial charge in [-0.2, -0.15) is 10.2 Å². The molecule has 0 N–H and O–H groups in total. The highest BCUT2D eigenvalue weighted by atomic mass is 35.5. The van der Waals surface area contributed by atoms with Crippen LogP contribution in [0, 0.1) is 5.92 Å². The number of amides is 2. The molecule has 5 nitrogen and oxygen atoms in total. The van der Waals surface area contributed by atoms with E-state index in [0.29, 0.717) is 15.7 Å². The second-order valence-corrected chi connectivity index (χ2v) is 6.57. The standard InChI is InChI=1S/C17H11Cl2N3O2/c18-10-6-11(19)8-12(7-10)22-16(23)13-14(9-4-2-1-3-5-9)20-21-15(13)17(22)24/h1-8,13-15H. The monoisotopic (exact) mass is 359 g/mol. The van der Waals surface area contributed by atoms with E-state index in [1.165, 1.54) is 0 Å². The van der Waals surface area contributed by atoms with E-state index < -0.39 is 23.9 Å². The lowest BCUT2D eigenvalue weighted by atomic mass is 9.91. The summed E-state index contributed by atoms with van der Waals surface area (Å²) in [6.07, 6.45) is 0. The number of azo groups is 1. The van der Waals surface area contributed by atoms with Crippen molar-refractivity contribution in [2.75, 3.05) is 4.90 Å². The molecule has 120 valence electrons. The molecule has 0 spiro atoms. The van der Waals surface area contributed by atoms with Crippen molar-refractivity contribution in [1.82, 2.24) is 0 Å². The van der Waals surface area contributed by atoms with E-state index in [4.69, 9.17) is 23.2 Å². The van der Waals surface area contributed by atoms with Crippen LogP contribution in [0.5, 0.6) is 0 Å². The molecular formula is C17H11Cl2N3O2. The molecule has 1 fully saturated rings. The molecule has 7 heteroatoms. The van der Waals surface area contributed by atoms with Crippen molar-refractivity contribution in [3.63, 3.8) is 0 Å². The van der Waals surface area contributed by atoms with Gasteiger partial charge in [-0.3, -0.25) is 9.59 Å². The fourth-order valence-corrected chi connectivity index (χ4v) is 3.68. The molecule has 0 radical (unpaired) electrons. The molecule has 4 rings (SSSR count). The van der Waals surface area contributed by atoms with Crippen LogP contribution in [0.2, 0.25) is 10.0 Å². The zero-order valence-corrected chi connectivity index (χ0v) is 13.8. The van der Waals surface area contributed by atoms with Gasteiger partial charge in [0.05, 0.1) is 5.69 Å². The van der Waals surface area contributed by atoms with Gasteiger partial charge in [0.2, 0.25) is 5.91 Å². The highest BCUT2D eigenvalue weighted by molar-refractivity contribution is 6.35. The number of halogens is 2. The summed E-state index contributed by atoms with van der Waals surface area (Å²) in [4.78, 5) is 26.7. The summed E-state index contributed by atoms with van der Waals surface area (Å²) in [6, 6.07) is 12.8. The number of carbonyl (C=O) groups is 2. The van der Waals surface area contributed by atoms with Gasteiger partial charge >= 0.3 is 0 Å². The first-order valence-corrected chi connectivity index (χ1v) is 8.10. The predicted octanol–water partition coefficient (Wildman–Crippen LogP) is 4.06. The smallest absolute Gasteiger partial charge is 0.261 e. The average Bonchev–Trinajstić information content (AvgIpc) is 3.08. The van der Waals surface area contributed by atoms with Crippen LogP contribution in [0.4, 0.5) is 5.69 Å². The van der Waals surface area contributed by atoms with Crippen LogP contribution in [0.3, 0.4) is 0 Å². The topological polar surface area (TPSA) is 62.1 Å². The number of carbonyl (C=O) groups excluding carboxylic acids is 2. The number of imide groups is 1. The van der Waals surface area contributed by atoms with Gasteiger partial charge in [0.25, 0.3) is 5.91 Å². The van der Waals surface area contributed by atoms with Crippen LogP contribution in [0.25, 0.3) is 0 Å². The summed E-state index contributed by atoms with van der Waals surface area (Å²) >= 11 is 12.0. The molecule has 0 aliphatic carbocycles. The lowest BCUT2D eigenvalue weighted by Crippen LogP contribution is -2.32. The number of nitrogens with zero attached hydrogens (tertiary/aromatic N) is 3. The van der Waals surface area contributed by atoms with Gasteiger partial charge < -0.3 is 0 Å². The second-order valence-electron chi connectivity index (χ2n) is 5.70. The summed E-state index contributed by atoms with van der Waals surface area (Å²) in [7, 11) is 0. The molecule has 24 heavy (non-hydrogen) atoms. The third-order valence-corrected chi connectivity index (χ3v) is 4.66. The zero-order valence-electron chi connectivity index (χ0n) is 12.3. The lowest BCUT2D eigenvalue weighted by Gasteiger charge is -2.17. The van der Waals surface area contributed by atoms with Crippen molar-refractivity contribution in [3.05, 3.63) is 64.1 Å². The highest BCUT2D eigenvalue weighted by Crippen LogP contribution is 2.43. The SMILES string of the molecule is O=C1C2N=NC(c3ccccc3)C2C(=O)N1c1cc(Cl)cc(Cl)c1. The maximum atomic E-state index is 12.9. The molecule has 0 aromatic heterocycles. The number of benzene rings is 2. The van der Waals surface area contributed by atoms with Crippen LogP contribution in [-0.4, -0.2) is 17.9 Å². The lowest BCUT2D eigenvalue weighted by molar-refractivity contribution is -0.122. The van der Waals surface area contributed by atoms with E-state index in [0.717, 1.165) is 10.5 Å². The van der Waals surface area contributed by atoms with Crippen molar-refractivity contribution in [2.24, 2.45) is 16.1 Å². The Kier molecular flexibility index (Phi) is 3.62. The Morgan fingerprint density at radius 2 is 1.46 bits per heavy atom. The van der Waals surface area contributed by atoms with Gasteiger partial charge in [0.15, 0.2) is 6.04 Å². The highest BCUT2D eigenvalue weighted by Gasteiger charge is 2.55. The molecule has 1 saturated heterocycles. The number of hydrogen-bond donors (Lipinski definition) is 0. The van der Waals surface area contributed by atoms with Gasteiger partial charge in [-0.1, -0.05) is 53.5 Å². The normalized spacial score (nSPS) is 25.4. The molecule has 2 aliphatic heterocycles. The minimum Gasteiger partial charge on any atom is -0.273 e. The fourth-order valence-electron chi connectivity index (χ4n) is 3.17. The number of rotatable bonds is 2. The van der Waals surface area contributed by atoms with Crippen LogP contribution in [-0.2, 0) is 9.59 Å². The van der Waals surface area contributed by atoms with E-state index in [1.54, 1.807) is 18.2 Å². The maximum Gasteiger partial charge on any atom is 0.261 e. The summed E-state index contributed by atoms with van der Waals surface area (Å²) in [6.45, 7) is 0. The Bertz CT molecular complexity index is 849. The van der Waals surface area contributed by atoms with Crippen LogP contribution in [0.15, 0.2) is 58.8 Å². The van der Waals surface area contributed by atoms with Gasteiger partial charge in [0.1, 0.15) is 12.0 Å². The Morgan fingerprint density at radius 3 is 2.12 bits per heavy atom. The number of fused-ring (bicyclic) bond motifs is 1. The van der Waals surface area contributed by atoms with Crippen molar-refractivity contribution in [2.45, 2.75) is 12.1 Å². The molecule has 3 atom stereocenters. The predicted molar refractivity (Wildman–Crippen MR) is 90.3 cm³/mol. The summed E-state index contributed by atoms with van der Waals surface area (Å²) in [5, 5.41) is 8.93. The molecule has 2 amide bonds. The summed E-state index contributed by atoms with van der Waals surface area (Å²) in [5.74, 6) is -1.36. The van der Waals surface area contributed by atoms with E-state index in [1.807, 2.05) is 30.3 Å². The minimum absolute atomic E-state index is 0.331. The number of anilines is 1. The molecular weight excluding hydrogens is 349 g/mol. The summed E-state index contributed by atoms with van der Waals surface area (Å²) < 4.78 is 0.